The first-order chi connectivity index (χ1) is 6.95. The van der Waals surface area contributed by atoms with E-state index in [1.54, 1.807) is 14.1 Å². The molecule has 0 aromatic carbocycles. The molecule has 0 heterocycles. The zero-order chi connectivity index (χ0) is 11.6. The fourth-order valence-corrected chi connectivity index (χ4v) is 3.04. The Balaban J connectivity index is 0.00000225. The Morgan fingerprint density at radius 2 is 1.88 bits per heavy atom. The minimum Gasteiger partial charge on any atom is -0.329 e. The van der Waals surface area contributed by atoms with E-state index >= 15 is 0 Å². The topological polar surface area (TPSA) is 66.6 Å². The normalized spacial score (nSPS) is 18.6. The van der Waals surface area contributed by atoms with Gasteiger partial charge in [0, 0.05) is 33.2 Å². The molecule has 0 amide bonds. The van der Waals surface area contributed by atoms with Crippen LogP contribution in [-0.2, 0) is 10.2 Å². The van der Waals surface area contributed by atoms with Crippen molar-refractivity contribution >= 4 is 22.6 Å². The molecule has 1 unspecified atom stereocenters. The summed E-state index contributed by atoms with van der Waals surface area (Å²) in [5.74, 6) is 0.458. The maximum Gasteiger partial charge on any atom is 0.281 e. The molecule has 7 heteroatoms. The van der Waals surface area contributed by atoms with Crippen molar-refractivity contribution in [3.05, 3.63) is 0 Å². The molecule has 0 radical (unpaired) electrons. The van der Waals surface area contributed by atoms with Gasteiger partial charge in [-0.2, -0.15) is 17.0 Å². The zero-order valence-corrected chi connectivity index (χ0v) is 11.7. The van der Waals surface area contributed by atoms with Crippen molar-refractivity contribution in [2.75, 3.05) is 27.2 Å². The van der Waals surface area contributed by atoms with E-state index in [9.17, 15) is 8.42 Å². The minimum atomic E-state index is -3.32. The number of rotatable bonds is 6. The van der Waals surface area contributed by atoms with E-state index in [0.29, 0.717) is 19.0 Å². The van der Waals surface area contributed by atoms with E-state index in [1.165, 1.54) is 8.61 Å². The molecule has 1 fully saturated rings. The number of halogens is 1. The fourth-order valence-electron chi connectivity index (χ4n) is 1.67. The summed E-state index contributed by atoms with van der Waals surface area (Å²) in [6, 6.07) is -0.0380. The van der Waals surface area contributed by atoms with E-state index in [2.05, 4.69) is 0 Å². The Bertz CT molecular complexity index is 306. The molecule has 1 aliphatic rings. The molecular formula is C9H22ClN3O2S. The first-order valence-electron chi connectivity index (χ1n) is 5.34. The highest BCUT2D eigenvalue weighted by atomic mass is 35.5. The molecule has 1 saturated carbocycles. The van der Waals surface area contributed by atoms with Gasteiger partial charge in [-0.3, -0.25) is 0 Å². The second-order valence-corrected chi connectivity index (χ2v) is 6.17. The van der Waals surface area contributed by atoms with E-state index in [4.69, 9.17) is 5.73 Å². The van der Waals surface area contributed by atoms with Crippen LogP contribution in [0.4, 0.5) is 0 Å². The molecule has 1 atom stereocenters. The second-order valence-electron chi connectivity index (χ2n) is 4.08. The third kappa shape index (κ3) is 3.30. The molecule has 98 valence electrons. The lowest BCUT2D eigenvalue weighted by molar-refractivity contribution is 0.313. The Morgan fingerprint density at radius 1 is 1.38 bits per heavy atom. The Labute approximate surface area is 105 Å². The number of nitrogens with zero attached hydrogens (tertiary/aromatic N) is 2. The molecule has 0 aliphatic heterocycles. The highest BCUT2D eigenvalue weighted by Gasteiger charge is 2.38. The van der Waals surface area contributed by atoms with Gasteiger partial charge in [-0.15, -0.1) is 12.4 Å². The van der Waals surface area contributed by atoms with Crippen LogP contribution >= 0.6 is 12.4 Å². The van der Waals surface area contributed by atoms with E-state index < -0.39 is 10.2 Å². The first kappa shape index (κ1) is 16.1. The van der Waals surface area contributed by atoms with Gasteiger partial charge in [0.1, 0.15) is 0 Å². The number of hydrogen-bond acceptors (Lipinski definition) is 3. The van der Waals surface area contributed by atoms with Crippen molar-refractivity contribution in [1.29, 1.82) is 0 Å². The molecule has 5 nitrogen and oxygen atoms in total. The van der Waals surface area contributed by atoms with E-state index in [0.717, 1.165) is 12.8 Å². The molecule has 0 aromatic rings. The third-order valence-electron chi connectivity index (χ3n) is 3.08. The highest BCUT2D eigenvalue weighted by Crippen LogP contribution is 2.35. The molecule has 1 rings (SSSR count). The standard InChI is InChI=1S/C9H21N3O2S.ClH/c1-4-11(2)15(13,14)12(3)9(7-10)8-5-6-8;/h8-9H,4-7,10H2,1-3H3;1H. The van der Waals surface area contributed by atoms with Crippen molar-refractivity contribution in [2.24, 2.45) is 11.7 Å². The summed E-state index contributed by atoms with van der Waals surface area (Å²) < 4.78 is 26.8. The maximum atomic E-state index is 12.0. The monoisotopic (exact) mass is 271 g/mol. The summed E-state index contributed by atoms with van der Waals surface area (Å²) >= 11 is 0. The molecule has 0 bridgehead atoms. The van der Waals surface area contributed by atoms with Crippen LogP contribution in [0.15, 0.2) is 0 Å². The van der Waals surface area contributed by atoms with Crippen LogP contribution in [0.1, 0.15) is 19.8 Å². The molecular weight excluding hydrogens is 250 g/mol. The zero-order valence-electron chi connectivity index (χ0n) is 10.1. The predicted octanol–water partition coefficient (Wildman–Crippen LogP) is 0.274. The largest absolute Gasteiger partial charge is 0.329 e. The van der Waals surface area contributed by atoms with Gasteiger partial charge in [0.25, 0.3) is 10.2 Å². The van der Waals surface area contributed by atoms with E-state index in [-0.39, 0.29) is 18.4 Å². The van der Waals surface area contributed by atoms with Crippen LogP contribution in [0.5, 0.6) is 0 Å². The van der Waals surface area contributed by atoms with Crippen LogP contribution < -0.4 is 5.73 Å². The molecule has 2 N–H and O–H groups in total. The molecule has 0 spiro atoms. The van der Waals surface area contributed by atoms with Gasteiger partial charge in [0.15, 0.2) is 0 Å². The lowest BCUT2D eigenvalue weighted by Crippen LogP contribution is -2.48. The summed E-state index contributed by atoms with van der Waals surface area (Å²) in [7, 11) is -0.107. The number of hydrogen-bond donors (Lipinski definition) is 1. The quantitative estimate of drug-likeness (QED) is 0.754. The summed E-state index contributed by atoms with van der Waals surface area (Å²) in [6.45, 7) is 2.70. The van der Waals surface area contributed by atoms with Crippen molar-refractivity contribution < 1.29 is 8.42 Å². The smallest absolute Gasteiger partial charge is 0.281 e. The summed E-state index contributed by atoms with van der Waals surface area (Å²) in [6.07, 6.45) is 2.19. The van der Waals surface area contributed by atoms with Gasteiger partial charge in [0.05, 0.1) is 0 Å². The third-order valence-corrected chi connectivity index (χ3v) is 5.12. The average Bonchev–Trinajstić information content (AvgIpc) is 3.01. The number of likely N-dealkylation sites (N-methyl/N-ethyl adjacent to an activating group) is 1. The summed E-state index contributed by atoms with van der Waals surface area (Å²) in [5, 5.41) is 0. The lowest BCUT2D eigenvalue weighted by Gasteiger charge is -2.29. The van der Waals surface area contributed by atoms with Crippen molar-refractivity contribution in [3.8, 4) is 0 Å². The van der Waals surface area contributed by atoms with Crippen molar-refractivity contribution in [2.45, 2.75) is 25.8 Å². The Kier molecular flexibility index (Phi) is 6.21. The predicted molar refractivity (Wildman–Crippen MR) is 67.8 cm³/mol. The van der Waals surface area contributed by atoms with Crippen LogP contribution in [0.25, 0.3) is 0 Å². The van der Waals surface area contributed by atoms with Crippen molar-refractivity contribution in [3.63, 3.8) is 0 Å². The van der Waals surface area contributed by atoms with Gasteiger partial charge in [-0.05, 0) is 18.8 Å². The highest BCUT2D eigenvalue weighted by molar-refractivity contribution is 7.86. The van der Waals surface area contributed by atoms with Crippen molar-refractivity contribution in [1.82, 2.24) is 8.61 Å². The Hall–Kier alpha value is 0.120. The first-order valence-corrected chi connectivity index (χ1v) is 6.74. The van der Waals surface area contributed by atoms with Gasteiger partial charge >= 0.3 is 0 Å². The van der Waals surface area contributed by atoms with E-state index in [1.807, 2.05) is 6.92 Å². The van der Waals surface area contributed by atoms with Gasteiger partial charge in [-0.1, -0.05) is 6.92 Å². The van der Waals surface area contributed by atoms with Crippen LogP contribution in [0.3, 0.4) is 0 Å². The lowest BCUT2D eigenvalue weighted by atomic mass is 10.2. The van der Waals surface area contributed by atoms with Crippen LogP contribution in [0, 0.1) is 5.92 Å². The maximum absolute atomic E-state index is 12.0. The molecule has 0 aromatic heterocycles. The van der Waals surface area contributed by atoms with Gasteiger partial charge in [0.2, 0.25) is 0 Å². The van der Waals surface area contributed by atoms with Gasteiger partial charge in [-0.25, -0.2) is 0 Å². The SMILES string of the molecule is CCN(C)S(=O)(=O)N(C)C(CN)C1CC1.Cl. The molecule has 0 saturated heterocycles. The summed E-state index contributed by atoms with van der Waals surface area (Å²) in [4.78, 5) is 0. The molecule has 1 aliphatic carbocycles. The Morgan fingerprint density at radius 3 is 2.19 bits per heavy atom. The van der Waals surface area contributed by atoms with Crippen LogP contribution in [0.2, 0.25) is 0 Å². The molecule has 16 heavy (non-hydrogen) atoms. The number of nitrogens with two attached hydrogens (primary N) is 1. The fraction of sp³-hybridized carbons (Fsp3) is 1.00. The minimum absolute atomic E-state index is 0. The van der Waals surface area contributed by atoms with Crippen LogP contribution in [-0.4, -0.2) is 50.3 Å². The van der Waals surface area contributed by atoms with Gasteiger partial charge < -0.3 is 5.73 Å². The average molecular weight is 272 g/mol. The second kappa shape index (κ2) is 6.16. The summed E-state index contributed by atoms with van der Waals surface area (Å²) in [5.41, 5.74) is 5.63.